The first kappa shape index (κ1) is 41.0. The maximum atomic E-state index is 12.9. The summed E-state index contributed by atoms with van der Waals surface area (Å²) in [7, 11) is 0. The standard InChI is InChI=1S/C44H66O4/c1-7-9-11-13-15-17-19-21-23-25-27-38-33-40(37-29-31-41(32-30-37)47-43(45)35(3)4)34-39(42(38)48-44(46)36(5)6)28-26-24-22-20-18-16-14-12-10-8-2/h29-34H,3,5,7-28H2,1-2,4,6H3. The summed E-state index contributed by atoms with van der Waals surface area (Å²) in [4.78, 5) is 24.9. The van der Waals surface area contributed by atoms with Crippen LogP contribution in [0.25, 0.3) is 11.1 Å². The van der Waals surface area contributed by atoms with Gasteiger partial charge in [0.25, 0.3) is 0 Å². The monoisotopic (exact) mass is 658 g/mol. The van der Waals surface area contributed by atoms with Crippen molar-refractivity contribution in [3.63, 3.8) is 0 Å². The number of ether oxygens (including phenoxy) is 2. The third-order valence-corrected chi connectivity index (χ3v) is 9.13. The summed E-state index contributed by atoms with van der Waals surface area (Å²) in [5.41, 5.74) is 5.08. The van der Waals surface area contributed by atoms with Gasteiger partial charge in [-0.15, -0.1) is 0 Å². The fourth-order valence-electron chi connectivity index (χ4n) is 6.12. The molecule has 0 aliphatic heterocycles. The number of hydrogen-bond acceptors (Lipinski definition) is 4. The molecule has 0 bridgehead atoms. The van der Waals surface area contributed by atoms with Crippen molar-refractivity contribution in [3.05, 3.63) is 71.8 Å². The molecule has 0 N–H and O–H groups in total. The first-order chi connectivity index (χ1) is 23.3. The second-order valence-corrected chi connectivity index (χ2v) is 13.9. The molecule has 0 aromatic heterocycles. The lowest BCUT2D eigenvalue weighted by Gasteiger charge is -2.18. The topological polar surface area (TPSA) is 52.6 Å². The van der Waals surface area contributed by atoms with Gasteiger partial charge in [0.05, 0.1) is 0 Å². The van der Waals surface area contributed by atoms with E-state index in [4.69, 9.17) is 9.47 Å². The van der Waals surface area contributed by atoms with Crippen LogP contribution in [-0.4, -0.2) is 11.9 Å². The minimum absolute atomic E-state index is 0.361. The van der Waals surface area contributed by atoms with Crippen LogP contribution in [0.1, 0.15) is 167 Å². The smallest absolute Gasteiger partial charge is 0.338 e. The lowest BCUT2D eigenvalue weighted by atomic mass is 9.93. The van der Waals surface area contributed by atoms with Crippen molar-refractivity contribution in [3.8, 4) is 22.6 Å². The van der Waals surface area contributed by atoms with E-state index in [-0.39, 0.29) is 5.97 Å². The van der Waals surface area contributed by atoms with E-state index in [1.807, 2.05) is 24.3 Å². The predicted molar refractivity (Wildman–Crippen MR) is 204 cm³/mol. The van der Waals surface area contributed by atoms with Crippen LogP contribution in [0.2, 0.25) is 0 Å². The van der Waals surface area contributed by atoms with Gasteiger partial charge in [-0.05, 0) is 86.1 Å². The highest BCUT2D eigenvalue weighted by Crippen LogP contribution is 2.35. The van der Waals surface area contributed by atoms with E-state index < -0.39 is 5.97 Å². The van der Waals surface area contributed by atoms with Gasteiger partial charge >= 0.3 is 11.9 Å². The second kappa shape index (κ2) is 24.9. The number of benzene rings is 2. The Labute approximate surface area is 293 Å². The Bertz CT molecular complexity index is 1190. The molecule has 48 heavy (non-hydrogen) atoms. The van der Waals surface area contributed by atoms with Crippen LogP contribution in [-0.2, 0) is 22.4 Å². The Morgan fingerprint density at radius 1 is 0.500 bits per heavy atom. The molecule has 4 heteroatoms. The summed E-state index contributed by atoms with van der Waals surface area (Å²) >= 11 is 0. The van der Waals surface area contributed by atoms with Crippen molar-refractivity contribution >= 4 is 11.9 Å². The van der Waals surface area contributed by atoms with Crippen LogP contribution >= 0.6 is 0 Å². The maximum Gasteiger partial charge on any atom is 0.338 e. The van der Waals surface area contributed by atoms with Gasteiger partial charge in [0.15, 0.2) is 0 Å². The van der Waals surface area contributed by atoms with Gasteiger partial charge < -0.3 is 9.47 Å². The number of unbranched alkanes of at least 4 members (excludes halogenated alkanes) is 18. The molecular formula is C44H66O4. The average Bonchev–Trinajstić information content (AvgIpc) is 3.07. The van der Waals surface area contributed by atoms with Gasteiger partial charge in [0.1, 0.15) is 11.5 Å². The first-order valence-corrected chi connectivity index (χ1v) is 19.3. The lowest BCUT2D eigenvalue weighted by Crippen LogP contribution is -2.12. The summed E-state index contributed by atoms with van der Waals surface area (Å²) in [6.45, 7) is 15.4. The highest BCUT2D eigenvalue weighted by Gasteiger charge is 2.18. The molecule has 2 aromatic rings. The zero-order valence-corrected chi connectivity index (χ0v) is 31.1. The summed E-state index contributed by atoms with van der Waals surface area (Å²) in [6, 6.07) is 12.0. The minimum Gasteiger partial charge on any atom is -0.423 e. The lowest BCUT2D eigenvalue weighted by molar-refractivity contribution is -0.131. The van der Waals surface area contributed by atoms with E-state index in [1.54, 1.807) is 13.8 Å². The Kier molecular flexibility index (Phi) is 21.3. The molecule has 0 spiro atoms. The SMILES string of the molecule is C=C(C)C(=O)Oc1ccc(-c2cc(CCCCCCCCCCCC)c(OC(=O)C(=C)C)c(CCCCCCCCCCCC)c2)cc1. The van der Waals surface area contributed by atoms with Gasteiger partial charge in [-0.2, -0.15) is 0 Å². The molecule has 4 nitrogen and oxygen atoms in total. The third kappa shape index (κ3) is 16.8. The van der Waals surface area contributed by atoms with Gasteiger partial charge in [0.2, 0.25) is 0 Å². The highest BCUT2D eigenvalue weighted by atomic mass is 16.5. The number of carbonyl (C=O) groups is 2. The van der Waals surface area contributed by atoms with Gasteiger partial charge in [-0.1, -0.05) is 155 Å². The van der Waals surface area contributed by atoms with E-state index in [9.17, 15) is 9.59 Å². The van der Waals surface area contributed by atoms with Crippen LogP contribution < -0.4 is 9.47 Å². The molecule has 0 atom stereocenters. The molecule has 0 aliphatic carbocycles. The van der Waals surface area contributed by atoms with Crippen LogP contribution in [0, 0.1) is 0 Å². The summed E-state index contributed by atoms with van der Waals surface area (Å²) in [5.74, 6) is 0.435. The molecule has 0 saturated carbocycles. The number of esters is 2. The van der Waals surface area contributed by atoms with Crippen molar-refractivity contribution in [2.45, 2.75) is 169 Å². The molecule has 266 valence electrons. The van der Waals surface area contributed by atoms with Crippen molar-refractivity contribution in [2.75, 3.05) is 0 Å². The third-order valence-electron chi connectivity index (χ3n) is 9.13. The quantitative estimate of drug-likeness (QED) is 0.0415. The van der Waals surface area contributed by atoms with Crippen molar-refractivity contribution in [2.24, 2.45) is 0 Å². The van der Waals surface area contributed by atoms with Crippen LogP contribution in [0.5, 0.6) is 11.5 Å². The van der Waals surface area contributed by atoms with Crippen molar-refractivity contribution in [1.82, 2.24) is 0 Å². The van der Waals surface area contributed by atoms with E-state index in [0.717, 1.165) is 53.7 Å². The fourth-order valence-corrected chi connectivity index (χ4v) is 6.12. The van der Waals surface area contributed by atoms with Crippen LogP contribution in [0.4, 0.5) is 0 Å². The second-order valence-electron chi connectivity index (χ2n) is 13.9. The Morgan fingerprint density at radius 2 is 0.854 bits per heavy atom. The number of carbonyl (C=O) groups excluding carboxylic acids is 2. The Hall–Kier alpha value is -3.14. The minimum atomic E-state index is -0.427. The summed E-state index contributed by atoms with van der Waals surface area (Å²) in [6.07, 6.45) is 27.3. The zero-order valence-electron chi connectivity index (χ0n) is 31.1. The predicted octanol–water partition coefficient (Wildman–Crippen LogP) is 13.2. The van der Waals surface area contributed by atoms with E-state index in [2.05, 4.69) is 39.1 Å². The van der Waals surface area contributed by atoms with E-state index in [0.29, 0.717) is 16.9 Å². The molecule has 2 aromatic carbocycles. The highest BCUT2D eigenvalue weighted by molar-refractivity contribution is 5.89. The molecular weight excluding hydrogens is 592 g/mol. The zero-order chi connectivity index (χ0) is 35.0. The van der Waals surface area contributed by atoms with Crippen LogP contribution in [0.3, 0.4) is 0 Å². The molecule has 0 saturated heterocycles. The normalized spacial score (nSPS) is 11.0. The number of rotatable bonds is 27. The average molecular weight is 659 g/mol. The van der Waals surface area contributed by atoms with Gasteiger partial charge in [-0.25, -0.2) is 9.59 Å². The largest absolute Gasteiger partial charge is 0.423 e. The van der Waals surface area contributed by atoms with Crippen LogP contribution in [0.15, 0.2) is 60.7 Å². The molecule has 2 rings (SSSR count). The van der Waals surface area contributed by atoms with Crippen molar-refractivity contribution in [1.29, 1.82) is 0 Å². The first-order valence-electron chi connectivity index (χ1n) is 19.3. The molecule has 0 aliphatic rings. The summed E-state index contributed by atoms with van der Waals surface area (Å²) in [5, 5.41) is 0. The molecule has 0 fully saturated rings. The fraction of sp³-hybridized carbons (Fsp3) is 0.591. The van der Waals surface area contributed by atoms with E-state index in [1.165, 1.54) is 116 Å². The van der Waals surface area contributed by atoms with Gasteiger partial charge in [0, 0.05) is 11.1 Å². The molecule has 0 radical (unpaired) electrons. The van der Waals surface area contributed by atoms with E-state index >= 15 is 0 Å². The Morgan fingerprint density at radius 3 is 1.23 bits per heavy atom. The summed E-state index contributed by atoms with van der Waals surface area (Å²) < 4.78 is 11.5. The maximum absolute atomic E-state index is 12.9. The van der Waals surface area contributed by atoms with Crippen molar-refractivity contribution < 1.29 is 19.1 Å². The number of aryl methyl sites for hydroxylation is 2. The number of hydrogen-bond donors (Lipinski definition) is 0. The van der Waals surface area contributed by atoms with Gasteiger partial charge in [-0.3, -0.25) is 0 Å². The molecule has 0 heterocycles. The Balaban J connectivity index is 2.19. The molecule has 0 unspecified atom stereocenters. The molecule has 0 amide bonds.